The van der Waals surface area contributed by atoms with Crippen molar-refractivity contribution in [3.8, 4) is 0 Å². The molecule has 31 heavy (non-hydrogen) atoms. The van der Waals surface area contributed by atoms with Crippen LogP contribution in [0.4, 0.5) is 5.69 Å². The zero-order valence-electron chi connectivity index (χ0n) is 17.6. The molecule has 1 amide bonds. The van der Waals surface area contributed by atoms with E-state index in [1.807, 2.05) is 71.6 Å². The van der Waals surface area contributed by atoms with Gasteiger partial charge in [0.05, 0.1) is 6.54 Å². The molecule has 3 aromatic rings. The van der Waals surface area contributed by atoms with E-state index in [0.29, 0.717) is 0 Å². The predicted molar refractivity (Wildman–Crippen MR) is 130 cm³/mol. The molecule has 0 aromatic heterocycles. The Balaban J connectivity index is 1.52. The first-order chi connectivity index (χ1) is 15.1. The summed E-state index contributed by atoms with van der Waals surface area (Å²) in [7, 11) is 2.09. The molecule has 3 aromatic carbocycles. The zero-order chi connectivity index (χ0) is 21.6. The van der Waals surface area contributed by atoms with Gasteiger partial charge in [0.2, 0.25) is 0 Å². The van der Waals surface area contributed by atoms with Crippen molar-refractivity contribution in [3.63, 3.8) is 0 Å². The lowest BCUT2D eigenvalue weighted by Crippen LogP contribution is -2.47. The Kier molecular flexibility index (Phi) is 7.17. The Labute approximate surface area is 193 Å². The van der Waals surface area contributed by atoms with Crippen molar-refractivity contribution in [3.05, 3.63) is 95.0 Å². The van der Waals surface area contributed by atoms with Crippen LogP contribution in [0.5, 0.6) is 0 Å². The standard InChI is InChI=1S/C25H26ClN3OS/c1-27-15-17-28(18-16-27)25(30)21-9-13-23(14-10-21)29(31-24-5-3-2-4-6-24)19-20-7-11-22(26)12-8-20/h2-14H,15-19H2,1H3. The number of hydrogen-bond acceptors (Lipinski definition) is 4. The van der Waals surface area contributed by atoms with Crippen LogP contribution in [-0.4, -0.2) is 48.9 Å². The number of carbonyl (C=O) groups is 1. The molecule has 0 aliphatic carbocycles. The number of carbonyl (C=O) groups excluding carboxylic acids is 1. The molecule has 0 N–H and O–H groups in total. The maximum Gasteiger partial charge on any atom is 0.253 e. The van der Waals surface area contributed by atoms with Gasteiger partial charge in [0, 0.05) is 47.3 Å². The summed E-state index contributed by atoms with van der Waals surface area (Å²) in [5.74, 6) is 0.111. The summed E-state index contributed by atoms with van der Waals surface area (Å²) < 4.78 is 2.24. The lowest BCUT2D eigenvalue weighted by Gasteiger charge is -2.32. The summed E-state index contributed by atoms with van der Waals surface area (Å²) in [6.07, 6.45) is 0. The summed E-state index contributed by atoms with van der Waals surface area (Å²) in [5, 5.41) is 0.734. The van der Waals surface area contributed by atoms with Gasteiger partial charge in [0.1, 0.15) is 0 Å². The van der Waals surface area contributed by atoms with Crippen LogP contribution in [0.25, 0.3) is 0 Å². The predicted octanol–water partition coefficient (Wildman–Crippen LogP) is 5.44. The number of hydrogen-bond donors (Lipinski definition) is 0. The lowest BCUT2D eigenvalue weighted by atomic mass is 10.1. The first-order valence-electron chi connectivity index (χ1n) is 10.4. The number of halogens is 1. The molecule has 6 heteroatoms. The molecule has 0 spiro atoms. The number of rotatable bonds is 6. The van der Waals surface area contributed by atoms with Gasteiger partial charge in [0.15, 0.2) is 0 Å². The maximum atomic E-state index is 12.9. The molecule has 0 radical (unpaired) electrons. The van der Waals surface area contributed by atoms with Crippen LogP contribution in [0, 0.1) is 0 Å². The van der Waals surface area contributed by atoms with Crippen molar-refractivity contribution in [2.24, 2.45) is 0 Å². The number of amides is 1. The molecule has 0 saturated carbocycles. The summed E-state index contributed by atoms with van der Waals surface area (Å²) in [5.41, 5.74) is 2.97. The quantitative estimate of drug-likeness (QED) is 0.466. The summed E-state index contributed by atoms with van der Waals surface area (Å²) in [6.45, 7) is 4.13. The molecule has 0 atom stereocenters. The van der Waals surface area contributed by atoms with Gasteiger partial charge < -0.3 is 14.1 Å². The minimum atomic E-state index is 0.111. The summed E-state index contributed by atoms with van der Waals surface area (Å²) in [6, 6.07) is 26.2. The topological polar surface area (TPSA) is 26.8 Å². The minimum absolute atomic E-state index is 0.111. The van der Waals surface area contributed by atoms with Crippen LogP contribution >= 0.6 is 23.5 Å². The number of nitrogens with zero attached hydrogens (tertiary/aromatic N) is 3. The van der Waals surface area contributed by atoms with Gasteiger partial charge >= 0.3 is 0 Å². The van der Waals surface area contributed by atoms with E-state index in [2.05, 4.69) is 28.4 Å². The highest BCUT2D eigenvalue weighted by molar-refractivity contribution is 8.00. The third-order valence-electron chi connectivity index (χ3n) is 5.39. The summed E-state index contributed by atoms with van der Waals surface area (Å²) in [4.78, 5) is 18.2. The zero-order valence-corrected chi connectivity index (χ0v) is 19.1. The normalized spacial score (nSPS) is 14.5. The van der Waals surface area contributed by atoms with Crippen LogP contribution in [0.3, 0.4) is 0 Å². The number of benzene rings is 3. The number of likely N-dealkylation sites (N-methyl/N-ethyl adjacent to an activating group) is 1. The molecule has 1 aliphatic rings. The van der Waals surface area contributed by atoms with Crippen LogP contribution in [0.1, 0.15) is 15.9 Å². The molecule has 1 aliphatic heterocycles. The van der Waals surface area contributed by atoms with Gasteiger partial charge in [-0.05, 0) is 73.1 Å². The maximum absolute atomic E-state index is 12.9. The third-order valence-corrected chi connectivity index (χ3v) is 6.69. The minimum Gasteiger partial charge on any atom is -0.336 e. The van der Waals surface area contributed by atoms with Gasteiger partial charge in [-0.15, -0.1) is 0 Å². The van der Waals surface area contributed by atoms with E-state index in [9.17, 15) is 4.79 Å². The molecule has 4 rings (SSSR count). The second kappa shape index (κ2) is 10.2. The van der Waals surface area contributed by atoms with Crippen LogP contribution in [0.2, 0.25) is 5.02 Å². The number of anilines is 1. The molecule has 4 nitrogen and oxygen atoms in total. The van der Waals surface area contributed by atoms with E-state index in [0.717, 1.165) is 53.9 Å². The van der Waals surface area contributed by atoms with E-state index in [1.165, 1.54) is 5.56 Å². The fourth-order valence-corrected chi connectivity index (χ4v) is 4.60. The van der Waals surface area contributed by atoms with Gasteiger partial charge in [-0.3, -0.25) is 4.79 Å². The van der Waals surface area contributed by atoms with Crippen molar-refractivity contribution in [2.75, 3.05) is 37.5 Å². The van der Waals surface area contributed by atoms with E-state index in [1.54, 1.807) is 11.9 Å². The molecular weight excluding hydrogens is 426 g/mol. The SMILES string of the molecule is CN1CCN(C(=O)c2ccc(N(Cc3ccc(Cl)cc3)Sc3ccccc3)cc2)CC1. The van der Waals surface area contributed by atoms with Gasteiger partial charge in [-0.2, -0.15) is 0 Å². The van der Waals surface area contributed by atoms with E-state index in [4.69, 9.17) is 11.6 Å². The first-order valence-corrected chi connectivity index (χ1v) is 11.6. The average molecular weight is 452 g/mol. The van der Waals surface area contributed by atoms with E-state index < -0.39 is 0 Å². The molecule has 0 unspecified atom stereocenters. The van der Waals surface area contributed by atoms with Crippen molar-refractivity contribution >= 4 is 35.1 Å². The van der Waals surface area contributed by atoms with Crippen molar-refractivity contribution in [1.82, 2.24) is 9.80 Å². The highest BCUT2D eigenvalue weighted by Crippen LogP contribution is 2.31. The highest BCUT2D eigenvalue weighted by Gasteiger charge is 2.20. The second-order valence-corrected chi connectivity index (χ2v) is 9.24. The number of piperazine rings is 1. The summed E-state index contributed by atoms with van der Waals surface area (Å²) >= 11 is 7.74. The molecular formula is C25H26ClN3OS. The van der Waals surface area contributed by atoms with Gasteiger partial charge in [0.25, 0.3) is 5.91 Å². The fraction of sp³-hybridized carbons (Fsp3) is 0.240. The Bertz CT molecular complexity index is 988. The third kappa shape index (κ3) is 5.82. The Morgan fingerprint density at radius 1 is 0.903 bits per heavy atom. The van der Waals surface area contributed by atoms with E-state index >= 15 is 0 Å². The molecule has 1 saturated heterocycles. The first kappa shape index (κ1) is 21.8. The van der Waals surface area contributed by atoms with Crippen molar-refractivity contribution < 1.29 is 4.79 Å². The molecule has 1 fully saturated rings. The molecule has 0 bridgehead atoms. The smallest absolute Gasteiger partial charge is 0.253 e. The van der Waals surface area contributed by atoms with Crippen molar-refractivity contribution in [2.45, 2.75) is 11.4 Å². The van der Waals surface area contributed by atoms with Crippen molar-refractivity contribution in [1.29, 1.82) is 0 Å². The monoisotopic (exact) mass is 451 g/mol. The Morgan fingerprint density at radius 3 is 2.19 bits per heavy atom. The molecule has 1 heterocycles. The average Bonchev–Trinajstić information content (AvgIpc) is 2.81. The van der Waals surface area contributed by atoms with Gasteiger partial charge in [-0.25, -0.2) is 0 Å². The van der Waals surface area contributed by atoms with Gasteiger partial charge in [-0.1, -0.05) is 41.9 Å². The molecule has 160 valence electrons. The fourth-order valence-electron chi connectivity index (χ4n) is 3.50. The highest BCUT2D eigenvalue weighted by atomic mass is 35.5. The largest absolute Gasteiger partial charge is 0.336 e. The van der Waals surface area contributed by atoms with Crippen LogP contribution < -0.4 is 4.31 Å². The Morgan fingerprint density at radius 2 is 1.55 bits per heavy atom. The van der Waals surface area contributed by atoms with E-state index in [-0.39, 0.29) is 5.91 Å². The second-order valence-electron chi connectivity index (χ2n) is 7.71. The van der Waals surface area contributed by atoms with Crippen LogP contribution in [0.15, 0.2) is 83.8 Å². The van der Waals surface area contributed by atoms with Crippen LogP contribution in [-0.2, 0) is 6.54 Å². The Hall–Kier alpha value is -2.47. The lowest BCUT2D eigenvalue weighted by molar-refractivity contribution is 0.0664.